The molecule has 1 fully saturated rings. The highest BCUT2D eigenvalue weighted by Crippen LogP contribution is 2.29. The van der Waals surface area contributed by atoms with Crippen LogP contribution in [0.1, 0.15) is 36.9 Å². The van der Waals surface area contributed by atoms with Gasteiger partial charge in [-0.2, -0.15) is 0 Å². The Balaban J connectivity index is 2.16. The lowest BCUT2D eigenvalue weighted by molar-refractivity contribution is 0.0174. The molecule has 2 rings (SSSR count). The third kappa shape index (κ3) is 2.34. The number of hydrogen-bond acceptors (Lipinski definition) is 1. The Kier molecular flexibility index (Phi) is 2.74. The number of hydrogen-bond donors (Lipinski definition) is 1. The van der Waals surface area contributed by atoms with E-state index in [0.29, 0.717) is 6.04 Å². The summed E-state index contributed by atoms with van der Waals surface area (Å²) in [4.78, 5) is 0. The molecule has 0 unspecified atom stereocenters. The average Bonchev–Trinajstić information content (AvgIpc) is 2.69. The number of rotatable bonds is 2. The van der Waals surface area contributed by atoms with E-state index in [-0.39, 0.29) is 5.56 Å². The molecule has 1 atom stereocenters. The third-order valence-electron chi connectivity index (χ3n) is 2.88. The van der Waals surface area contributed by atoms with Crippen LogP contribution in [0.2, 0.25) is 0 Å². The summed E-state index contributed by atoms with van der Waals surface area (Å²) in [6.07, 6.45) is 2.26. The van der Waals surface area contributed by atoms with Crippen molar-refractivity contribution in [1.82, 2.24) is 5.32 Å². The van der Waals surface area contributed by atoms with Crippen LogP contribution < -0.4 is 5.32 Å². The average molecular weight is 211 g/mol. The van der Waals surface area contributed by atoms with Gasteiger partial charge in [-0.25, -0.2) is 8.78 Å². The van der Waals surface area contributed by atoms with Gasteiger partial charge in [0, 0.05) is 18.5 Å². The fourth-order valence-corrected chi connectivity index (χ4v) is 1.98. The van der Waals surface area contributed by atoms with Gasteiger partial charge in [0.1, 0.15) is 0 Å². The van der Waals surface area contributed by atoms with E-state index in [4.69, 9.17) is 0 Å². The molecule has 0 bridgehead atoms. The molecule has 3 heteroatoms. The maximum absolute atomic E-state index is 12.9. The second-order valence-corrected chi connectivity index (χ2v) is 4.16. The van der Waals surface area contributed by atoms with Gasteiger partial charge in [0.05, 0.1) is 0 Å². The smallest absolute Gasteiger partial charge is 0.270 e. The van der Waals surface area contributed by atoms with Crippen LogP contribution in [0, 0.1) is 0 Å². The third-order valence-corrected chi connectivity index (χ3v) is 2.88. The van der Waals surface area contributed by atoms with E-state index in [1.165, 1.54) is 12.1 Å². The molecule has 0 aliphatic carbocycles. The zero-order chi connectivity index (χ0) is 10.9. The van der Waals surface area contributed by atoms with Crippen molar-refractivity contribution in [3.05, 3.63) is 35.4 Å². The van der Waals surface area contributed by atoms with Gasteiger partial charge in [0.15, 0.2) is 0 Å². The summed E-state index contributed by atoms with van der Waals surface area (Å²) in [6, 6.07) is 7.00. The Labute approximate surface area is 88.5 Å². The standard InChI is InChI=1S/C12H15F2N/c1-12(13,14)10-6-4-9(5-7-10)11-3-2-8-15-11/h4-7,11,15H,2-3,8H2,1H3/t11-/m1/s1. The van der Waals surface area contributed by atoms with Crippen LogP contribution in [-0.2, 0) is 5.92 Å². The van der Waals surface area contributed by atoms with E-state index in [1.54, 1.807) is 12.1 Å². The summed E-state index contributed by atoms with van der Waals surface area (Å²) in [5.74, 6) is -2.73. The second-order valence-electron chi connectivity index (χ2n) is 4.16. The molecule has 1 aromatic rings. The lowest BCUT2D eigenvalue weighted by Crippen LogP contribution is -2.13. The van der Waals surface area contributed by atoms with E-state index < -0.39 is 5.92 Å². The summed E-state index contributed by atoms with van der Waals surface area (Å²) >= 11 is 0. The number of alkyl halides is 2. The summed E-state index contributed by atoms with van der Waals surface area (Å²) in [5, 5.41) is 3.34. The Morgan fingerprint density at radius 1 is 1.27 bits per heavy atom. The van der Waals surface area contributed by atoms with Crippen LogP contribution in [-0.4, -0.2) is 6.54 Å². The molecule has 0 aromatic heterocycles. The quantitative estimate of drug-likeness (QED) is 0.792. The minimum atomic E-state index is -2.73. The Hall–Kier alpha value is -0.960. The first-order chi connectivity index (χ1) is 7.07. The Bertz CT molecular complexity index is 320. The van der Waals surface area contributed by atoms with Crippen molar-refractivity contribution in [2.45, 2.75) is 31.7 Å². The normalized spacial score (nSPS) is 21.9. The van der Waals surface area contributed by atoms with Gasteiger partial charge < -0.3 is 5.32 Å². The molecule has 1 heterocycles. The maximum atomic E-state index is 12.9. The Morgan fingerprint density at radius 2 is 1.93 bits per heavy atom. The van der Waals surface area contributed by atoms with Crippen molar-refractivity contribution >= 4 is 0 Å². The van der Waals surface area contributed by atoms with Crippen LogP contribution >= 0.6 is 0 Å². The molecular weight excluding hydrogens is 196 g/mol. The number of benzene rings is 1. The van der Waals surface area contributed by atoms with Gasteiger partial charge in [-0.15, -0.1) is 0 Å². The summed E-state index contributed by atoms with van der Waals surface area (Å²) < 4.78 is 25.9. The van der Waals surface area contributed by atoms with Crippen molar-refractivity contribution in [3.63, 3.8) is 0 Å². The summed E-state index contributed by atoms with van der Waals surface area (Å²) in [7, 11) is 0. The fourth-order valence-electron chi connectivity index (χ4n) is 1.98. The first kappa shape index (κ1) is 10.6. The summed E-state index contributed by atoms with van der Waals surface area (Å²) in [5.41, 5.74) is 1.20. The van der Waals surface area contributed by atoms with Crippen molar-refractivity contribution in [1.29, 1.82) is 0 Å². The van der Waals surface area contributed by atoms with Gasteiger partial charge in [0.25, 0.3) is 5.92 Å². The molecule has 0 spiro atoms. The molecular formula is C12H15F2N. The van der Waals surface area contributed by atoms with Gasteiger partial charge in [0.2, 0.25) is 0 Å². The van der Waals surface area contributed by atoms with Gasteiger partial charge in [-0.3, -0.25) is 0 Å². The van der Waals surface area contributed by atoms with E-state index in [0.717, 1.165) is 31.9 Å². The minimum Gasteiger partial charge on any atom is -0.310 e. The first-order valence-corrected chi connectivity index (χ1v) is 5.29. The van der Waals surface area contributed by atoms with Crippen LogP contribution in [0.3, 0.4) is 0 Å². The van der Waals surface area contributed by atoms with Crippen molar-refractivity contribution in [3.8, 4) is 0 Å². The number of nitrogens with one attached hydrogen (secondary N) is 1. The summed E-state index contributed by atoms with van der Waals surface area (Å²) in [6.45, 7) is 1.95. The largest absolute Gasteiger partial charge is 0.310 e. The molecule has 1 aliphatic heterocycles. The molecule has 15 heavy (non-hydrogen) atoms. The monoisotopic (exact) mass is 211 g/mol. The van der Waals surface area contributed by atoms with Gasteiger partial charge >= 0.3 is 0 Å². The van der Waals surface area contributed by atoms with Crippen molar-refractivity contribution in [2.75, 3.05) is 6.54 Å². The van der Waals surface area contributed by atoms with Crippen molar-refractivity contribution < 1.29 is 8.78 Å². The zero-order valence-corrected chi connectivity index (χ0v) is 8.76. The van der Waals surface area contributed by atoms with Crippen molar-refractivity contribution in [2.24, 2.45) is 0 Å². The van der Waals surface area contributed by atoms with Crippen LogP contribution in [0.15, 0.2) is 24.3 Å². The van der Waals surface area contributed by atoms with E-state index >= 15 is 0 Å². The first-order valence-electron chi connectivity index (χ1n) is 5.29. The topological polar surface area (TPSA) is 12.0 Å². The van der Waals surface area contributed by atoms with Gasteiger partial charge in [-0.05, 0) is 24.9 Å². The van der Waals surface area contributed by atoms with Crippen LogP contribution in [0.4, 0.5) is 8.78 Å². The minimum absolute atomic E-state index is 0.0873. The highest BCUT2D eigenvalue weighted by Gasteiger charge is 2.24. The predicted molar refractivity (Wildman–Crippen MR) is 56.0 cm³/mol. The highest BCUT2D eigenvalue weighted by atomic mass is 19.3. The maximum Gasteiger partial charge on any atom is 0.270 e. The molecule has 1 N–H and O–H groups in total. The highest BCUT2D eigenvalue weighted by molar-refractivity contribution is 5.27. The van der Waals surface area contributed by atoms with Gasteiger partial charge in [-0.1, -0.05) is 24.3 Å². The fraction of sp³-hybridized carbons (Fsp3) is 0.500. The van der Waals surface area contributed by atoms with Crippen LogP contribution in [0.5, 0.6) is 0 Å². The SMILES string of the molecule is CC(F)(F)c1ccc([C@H]2CCCN2)cc1. The molecule has 1 aromatic carbocycles. The lowest BCUT2D eigenvalue weighted by Gasteiger charge is -2.14. The van der Waals surface area contributed by atoms with E-state index in [1.807, 2.05) is 0 Å². The van der Waals surface area contributed by atoms with E-state index in [9.17, 15) is 8.78 Å². The molecule has 0 saturated carbocycles. The molecule has 1 nitrogen and oxygen atoms in total. The molecule has 1 saturated heterocycles. The predicted octanol–water partition coefficient (Wildman–Crippen LogP) is 3.22. The van der Waals surface area contributed by atoms with E-state index in [2.05, 4.69) is 5.32 Å². The lowest BCUT2D eigenvalue weighted by atomic mass is 10.0. The molecule has 0 amide bonds. The molecule has 82 valence electrons. The van der Waals surface area contributed by atoms with Crippen LogP contribution in [0.25, 0.3) is 0 Å². The molecule has 0 radical (unpaired) electrons. The zero-order valence-electron chi connectivity index (χ0n) is 8.76. The number of halogens is 2. The Morgan fingerprint density at radius 3 is 2.40 bits per heavy atom. The second kappa shape index (κ2) is 3.89. The molecule has 1 aliphatic rings.